The Bertz CT molecular complexity index is 204. The van der Waals surface area contributed by atoms with Crippen molar-refractivity contribution >= 4 is 0 Å². The highest BCUT2D eigenvalue weighted by atomic mass is 14.2. The Morgan fingerprint density at radius 3 is 2.08 bits per heavy atom. The van der Waals surface area contributed by atoms with Gasteiger partial charge in [-0.05, 0) is 26.7 Å². The molecule has 0 aromatic heterocycles. The fourth-order valence-electron chi connectivity index (χ4n) is 0.872. The molecule has 0 saturated heterocycles. The standard InChI is InChI=1S/C10H18.C2H3N/c1-5-7-10(4)8-9(3)6-2;1-2-3/h7-8H,5-6H2,1-4H3;1H3/b9-8-,10-7-;. The predicted molar refractivity (Wildman–Crippen MR) is 59.4 cm³/mol. The summed E-state index contributed by atoms with van der Waals surface area (Å²) in [7, 11) is 0. The monoisotopic (exact) mass is 179 g/mol. The van der Waals surface area contributed by atoms with Gasteiger partial charge in [-0.3, -0.25) is 0 Å². The lowest BCUT2D eigenvalue weighted by molar-refractivity contribution is 1.09. The molecule has 1 nitrogen and oxygen atoms in total. The lowest BCUT2D eigenvalue weighted by atomic mass is 10.1. The molecule has 0 amide bonds. The number of hydrogen-bond acceptors (Lipinski definition) is 1. The highest BCUT2D eigenvalue weighted by Gasteiger charge is 1.84. The second kappa shape index (κ2) is 11.0. The number of rotatable bonds is 3. The van der Waals surface area contributed by atoms with Gasteiger partial charge < -0.3 is 0 Å². The first-order chi connectivity index (χ1) is 6.12. The molecule has 0 fully saturated rings. The van der Waals surface area contributed by atoms with Crippen LogP contribution < -0.4 is 0 Å². The van der Waals surface area contributed by atoms with E-state index in [-0.39, 0.29) is 0 Å². The van der Waals surface area contributed by atoms with Crippen LogP contribution in [0.3, 0.4) is 0 Å². The van der Waals surface area contributed by atoms with Gasteiger partial charge in [0.25, 0.3) is 0 Å². The molecule has 0 aromatic carbocycles. The van der Waals surface area contributed by atoms with E-state index >= 15 is 0 Å². The lowest BCUT2D eigenvalue weighted by Crippen LogP contribution is -1.73. The van der Waals surface area contributed by atoms with E-state index in [1.165, 1.54) is 18.1 Å². The van der Waals surface area contributed by atoms with E-state index in [0.29, 0.717) is 0 Å². The Balaban J connectivity index is 0. The van der Waals surface area contributed by atoms with Crippen LogP contribution in [0.5, 0.6) is 0 Å². The predicted octanol–water partition coefficient (Wildman–Crippen LogP) is 4.23. The molecule has 0 bridgehead atoms. The molecule has 0 N–H and O–H groups in total. The second-order valence-electron chi connectivity index (χ2n) is 2.92. The maximum atomic E-state index is 7.32. The Morgan fingerprint density at radius 1 is 1.31 bits per heavy atom. The maximum Gasteiger partial charge on any atom is 0.0587 e. The Morgan fingerprint density at radius 2 is 1.77 bits per heavy atom. The smallest absolute Gasteiger partial charge is 0.0587 e. The first kappa shape index (κ1) is 14.5. The van der Waals surface area contributed by atoms with Crippen molar-refractivity contribution in [1.82, 2.24) is 0 Å². The maximum absolute atomic E-state index is 7.32. The summed E-state index contributed by atoms with van der Waals surface area (Å²) in [4.78, 5) is 0. The fourth-order valence-corrected chi connectivity index (χ4v) is 0.872. The van der Waals surface area contributed by atoms with E-state index < -0.39 is 0 Å². The van der Waals surface area contributed by atoms with Gasteiger partial charge >= 0.3 is 0 Å². The van der Waals surface area contributed by atoms with Crippen LogP contribution in [-0.2, 0) is 0 Å². The van der Waals surface area contributed by atoms with Gasteiger partial charge in [0.05, 0.1) is 6.07 Å². The van der Waals surface area contributed by atoms with E-state index in [0.717, 1.165) is 12.8 Å². The van der Waals surface area contributed by atoms with Crippen LogP contribution in [0.4, 0.5) is 0 Å². The quantitative estimate of drug-likeness (QED) is 0.595. The van der Waals surface area contributed by atoms with Crippen molar-refractivity contribution in [3.05, 3.63) is 23.3 Å². The molecule has 0 aliphatic rings. The minimum atomic E-state index is 1.14. The zero-order valence-corrected chi connectivity index (χ0v) is 9.52. The lowest BCUT2D eigenvalue weighted by Gasteiger charge is -1.94. The molecule has 13 heavy (non-hydrogen) atoms. The zero-order valence-electron chi connectivity index (χ0n) is 9.52. The average molecular weight is 179 g/mol. The molecule has 0 rings (SSSR count). The Kier molecular flexibility index (Phi) is 12.2. The zero-order chi connectivity index (χ0) is 10.7. The molecule has 0 aliphatic carbocycles. The van der Waals surface area contributed by atoms with Crippen molar-refractivity contribution in [1.29, 1.82) is 5.26 Å². The van der Waals surface area contributed by atoms with E-state index in [2.05, 4.69) is 39.8 Å². The van der Waals surface area contributed by atoms with Gasteiger partial charge in [0.15, 0.2) is 0 Å². The average Bonchev–Trinajstić information content (AvgIpc) is 2.06. The summed E-state index contributed by atoms with van der Waals surface area (Å²) in [5, 5.41) is 7.32. The molecular formula is C12H21N. The molecule has 0 saturated carbocycles. The Labute approximate surface area is 82.8 Å². The molecule has 0 unspecified atom stereocenters. The molecule has 0 radical (unpaired) electrons. The minimum absolute atomic E-state index is 1.14. The van der Waals surface area contributed by atoms with Crippen LogP contribution in [-0.4, -0.2) is 0 Å². The summed E-state index contributed by atoms with van der Waals surface area (Å²) in [6.07, 6.45) is 6.80. The first-order valence-corrected chi connectivity index (χ1v) is 4.77. The van der Waals surface area contributed by atoms with Crippen molar-refractivity contribution in [3.8, 4) is 6.07 Å². The van der Waals surface area contributed by atoms with Gasteiger partial charge in [-0.25, -0.2) is 0 Å². The van der Waals surface area contributed by atoms with Gasteiger partial charge in [-0.15, -0.1) is 0 Å². The summed E-state index contributed by atoms with van der Waals surface area (Å²) in [5.74, 6) is 0. The highest BCUT2D eigenvalue weighted by Crippen LogP contribution is 2.04. The van der Waals surface area contributed by atoms with E-state index in [9.17, 15) is 0 Å². The number of hydrogen-bond donors (Lipinski definition) is 0. The van der Waals surface area contributed by atoms with Gasteiger partial charge in [-0.1, -0.05) is 37.1 Å². The van der Waals surface area contributed by atoms with Gasteiger partial charge in [-0.2, -0.15) is 5.26 Å². The first-order valence-electron chi connectivity index (χ1n) is 4.77. The summed E-state index contributed by atoms with van der Waals surface area (Å²) in [6.45, 7) is 10.1. The van der Waals surface area contributed by atoms with Crippen LogP contribution in [0.2, 0.25) is 0 Å². The third kappa shape index (κ3) is 13.9. The summed E-state index contributed by atoms with van der Waals surface area (Å²) in [5.41, 5.74) is 2.85. The van der Waals surface area contributed by atoms with Crippen LogP contribution in [0, 0.1) is 11.3 Å². The van der Waals surface area contributed by atoms with Crippen molar-refractivity contribution in [3.63, 3.8) is 0 Å². The summed E-state index contributed by atoms with van der Waals surface area (Å²) < 4.78 is 0. The summed E-state index contributed by atoms with van der Waals surface area (Å²) in [6, 6.07) is 1.75. The number of nitrogens with zero attached hydrogens (tertiary/aromatic N) is 1. The van der Waals surface area contributed by atoms with E-state index in [4.69, 9.17) is 5.26 Å². The topological polar surface area (TPSA) is 23.8 Å². The number of allylic oxidation sites excluding steroid dienone is 4. The van der Waals surface area contributed by atoms with E-state index in [1.54, 1.807) is 6.07 Å². The van der Waals surface area contributed by atoms with E-state index in [1.807, 2.05) is 0 Å². The van der Waals surface area contributed by atoms with Gasteiger partial charge in [0, 0.05) is 6.92 Å². The molecule has 1 heteroatoms. The van der Waals surface area contributed by atoms with Crippen LogP contribution in [0.25, 0.3) is 0 Å². The van der Waals surface area contributed by atoms with Crippen LogP contribution in [0.1, 0.15) is 47.5 Å². The third-order valence-corrected chi connectivity index (χ3v) is 1.56. The Hall–Kier alpha value is -1.03. The van der Waals surface area contributed by atoms with Crippen molar-refractivity contribution in [2.24, 2.45) is 0 Å². The van der Waals surface area contributed by atoms with Gasteiger partial charge in [0.1, 0.15) is 0 Å². The SMILES string of the molecule is CC#N.CC/C=C(C)\C=C(\C)CC. The minimum Gasteiger partial charge on any atom is -0.199 e. The molecule has 0 heterocycles. The van der Waals surface area contributed by atoms with Gasteiger partial charge in [0.2, 0.25) is 0 Å². The number of nitriles is 1. The molecule has 0 atom stereocenters. The molecular weight excluding hydrogens is 158 g/mol. The largest absolute Gasteiger partial charge is 0.199 e. The molecule has 0 aliphatic heterocycles. The highest BCUT2D eigenvalue weighted by molar-refractivity contribution is 5.19. The van der Waals surface area contributed by atoms with Crippen molar-refractivity contribution < 1.29 is 0 Å². The van der Waals surface area contributed by atoms with Crippen molar-refractivity contribution in [2.45, 2.75) is 47.5 Å². The second-order valence-corrected chi connectivity index (χ2v) is 2.92. The fraction of sp³-hybridized carbons (Fsp3) is 0.583. The summed E-state index contributed by atoms with van der Waals surface area (Å²) >= 11 is 0. The van der Waals surface area contributed by atoms with Crippen molar-refractivity contribution in [2.75, 3.05) is 0 Å². The van der Waals surface area contributed by atoms with Crippen LogP contribution in [0.15, 0.2) is 23.3 Å². The van der Waals surface area contributed by atoms with Crippen LogP contribution >= 0.6 is 0 Å². The molecule has 0 aromatic rings. The molecule has 0 spiro atoms. The third-order valence-electron chi connectivity index (χ3n) is 1.56. The normalized spacial score (nSPS) is 11.4. The molecule has 74 valence electrons.